The minimum absolute atomic E-state index is 0.414. The van der Waals surface area contributed by atoms with Gasteiger partial charge in [0.15, 0.2) is 0 Å². The molecule has 3 nitrogen and oxygen atoms in total. The van der Waals surface area contributed by atoms with Gasteiger partial charge in [-0.15, -0.1) is 0 Å². The van der Waals surface area contributed by atoms with Crippen molar-refractivity contribution in [1.29, 1.82) is 0 Å². The van der Waals surface area contributed by atoms with Crippen molar-refractivity contribution in [2.75, 3.05) is 7.11 Å². The zero-order valence-electron chi connectivity index (χ0n) is 14.6. The van der Waals surface area contributed by atoms with Gasteiger partial charge in [0.25, 0.3) is 0 Å². The van der Waals surface area contributed by atoms with E-state index in [9.17, 15) is 4.79 Å². The zero-order chi connectivity index (χ0) is 17.3. The molecule has 24 heavy (non-hydrogen) atoms. The van der Waals surface area contributed by atoms with Crippen LogP contribution in [0.15, 0.2) is 30.9 Å². The van der Waals surface area contributed by atoms with Crippen LogP contribution in [0.1, 0.15) is 36.5 Å². The molecule has 0 amide bonds. The minimum atomic E-state index is -0.414. The molecule has 0 bridgehead atoms. The van der Waals surface area contributed by atoms with Gasteiger partial charge in [-0.2, -0.15) is 0 Å². The standard InChI is InChI=1S/C21H24O3/c1-5-14-8-10-15-18(12-14)21(24-19(22)6-2)16-9-7-13(3)11-17(16)20(15)23-4/h6-7,9,11,14H,2,5,8,10,12H2,1,3-4H3. The van der Waals surface area contributed by atoms with Crippen LogP contribution in [0.2, 0.25) is 0 Å². The van der Waals surface area contributed by atoms with Gasteiger partial charge in [0, 0.05) is 28.0 Å². The number of fused-ring (bicyclic) bond motifs is 2. The molecule has 1 atom stereocenters. The van der Waals surface area contributed by atoms with E-state index in [1.807, 2.05) is 12.1 Å². The van der Waals surface area contributed by atoms with E-state index in [-0.39, 0.29) is 0 Å². The first-order chi connectivity index (χ1) is 11.6. The summed E-state index contributed by atoms with van der Waals surface area (Å²) in [6, 6.07) is 6.17. The van der Waals surface area contributed by atoms with Crippen molar-refractivity contribution in [3.63, 3.8) is 0 Å². The highest BCUT2D eigenvalue weighted by Gasteiger charge is 2.27. The lowest BCUT2D eigenvalue weighted by Crippen LogP contribution is -2.17. The maximum atomic E-state index is 11.9. The summed E-state index contributed by atoms with van der Waals surface area (Å²) >= 11 is 0. The number of carbonyl (C=O) groups is 1. The fourth-order valence-corrected chi connectivity index (χ4v) is 3.70. The highest BCUT2D eigenvalue weighted by molar-refractivity contribution is 5.99. The normalized spacial score (nSPS) is 16.5. The number of hydrogen-bond acceptors (Lipinski definition) is 3. The van der Waals surface area contributed by atoms with Crippen molar-refractivity contribution in [3.05, 3.63) is 47.5 Å². The molecule has 0 aliphatic heterocycles. The third-order valence-electron chi connectivity index (χ3n) is 5.02. The van der Waals surface area contributed by atoms with Gasteiger partial charge < -0.3 is 9.47 Å². The van der Waals surface area contributed by atoms with Crippen molar-refractivity contribution in [2.45, 2.75) is 39.5 Å². The van der Waals surface area contributed by atoms with Crippen LogP contribution in [0.3, 0.4) is 0 Å². The van der Waals surface area contributed by atoms with Gasteiger partial charge >= 0.3 is 5.97 Å². The molecule has 1 aliphatic carbocycles. The Kier molecular flexibility index (Phi) is 4.61. The van der Waals surface area contributed by atoms with Crippen LogP contribution in [0, 0.1) is 12.8 Å². The molecule has 126 valence electrons. The number of hydrogen-bond donors (Lipinski definition) is 0. The summed E-state index contributed by atoms with van der Waals surface area (Å²) in [6.07, 6.45) is 5.37. The molecule has 0 N–H and O–H groups in total. The Morgan fingerprint density at radius 3 is 2.75 bits per heavy atom. The van der Waals surface area contributed by atoms with Crippen molar-refractivity contribution >= 4 is 16.7 Å². The Labute approximate surface area is 143 Å². The number of rotatable bonds is 4. The molecule has 0 radical (unpaired) electrons. The van der Waals surface area contributed by atoms with E-state index in [4.69, 9.17) is 9.47 Å². The second kappa shape index (κ2) is 6.68. The molecule has 0 spiro atoms. The maximum absolute atomic E-state index is 11.9. The summed E-state index contributed by atoms with van der Waals surface area (Å²) < 4.78 is 11.5. The summed E-state index contributed by atoms with van der Waals surface area (Å²) in [5.41, 5.74) is 3.47. The molecule has 2 aromatic rings. The van der Waals surface area contributed by atoms with Gasteiger partial charge in [0.2, 0.25) is 0 Å². The maximum Gasteiger partial charge on any atom is 0.335 e. The lowest BCUT2D eigenvalue weighted by atomic mass is 9.80. The number of carbonyl (C=O) groups excluding carboxylic acids is 1. The van der Waals surface area contributed by atoms with Crippen molar-refractivity contribution in [2.24, 2.45) is 5.92 Å². The molecule has 1 aliphatic rings. The van der Waals surface area contributed by atoms with Gasteiger partial charge in [-0.25, -0.2) is 4.79 Å². The quantitative estimate of drug-likeness (QED) is 0.462. The molecule has 0 aromatic heterocycles. The van der Waals surface area contributed by atoms with E-state index < -0.39 is 5.97 Å². The average Bonchev–Trinajstić information content (AvgIpc) is 2.60. The van der Waals surface area contributed by atoms with Crippen LogP contribution >= 0.6 is 0 Å². The number of aryl methyl sites for hydroxylation is 1. The van der Waals surface area contributed by atoms with Gasteiger partial charge in [-0.3, -0.25) is 0 Å². The first kappa shape index (κ1) is 16.6. The Hall–Kier alpha value is -2.29. The highest BCUT2D eigenvalue weighted by atomic mass is 16.5. The number of ether oxygens (including phenoxy) is 2. The van der Waals surface area contributed by atoms with Crippen molar-refractivity contribution < 1.29 is 14.3 Å². The predicted molar refractivity (Wildman–Crippen MR) is 96.9 cm³/mol. The van der Waals surface area contributed by atoms with Crippen LogP contribution in [-0.4, -0.2) is 13.1 Å². The van der Waals surface area contributed by atoms with Gasteiger partial charge in [-0.05, 0) is 38.2 Å². The van der Waals surface area contributed by atoms with E-state index in [2.05, 4.69) is 26.5 Å². The molecule has 0 heterocycles. The molecular formula is C21H24O3. The molecule has 0 saturated carbocycles. The summed E-state index contributed by atoms with van der Waals surface area (Å²) in [7, 11) is 1.72. The van der Waals surface area contributed by atoms with Gasteiger partial charge in [0.05, 0.1) is 7.11 Å². The Balaban J connectivity index is 2.32. The molecule has 3 rings (SSSR count). The minimum Gasteiger partial charge on any atom is -0.496 e. The lowest BCUT2D eigenvalue weighted by Gasteiger charge is -2.28. The van der Waals surface area contributed by atoms with Crippen molar-refractivity contribution in [1.82, 2.24) is 0 Å². The third kappa shape index (κ3) is 2.79. The zero-order valence-corrected chi connectivity index (χ0v) is 14.6. The van der Waals surface area contributed by atoms with E-state index in [1.165, 1.54) is 11.6 Å². The Bertz CT molecular complexity index is 805. The second-order valence-corrected chi connectivity index (χ2v) is 6.51. The lowest BCUT2D eigenvalue weighted by molar-refractivity contribution is -0.128. The fraction of sp³-hybridized carbons (Fsp3) is 0.381. The van der Waals surface area contributed by atoms with E-state index in [0.717, 1.165) is 53.3 Å². The van der Waals surface area contributed by atoms with Crippen molar-refractivity contribution in [3.8, 4) is 11.5 Å². The number of esters is 1. The summed E-state index contributed by atoms with van der Waals surface area (Å²) in [5, 5.41) is 1.95. The average molecular weight is 324 g/mol. The summed E-state index contributed by atoms with van der Waals surface area (Å²) in [4.78, 5) is 11.9. The third-order valence-corrected chi connectivity index (χ3v) is 5.02. The highest BCUT2D eigenvalue weighted by Crippen LogP contribution is 2.45. The van der Waals surface area contributed by atoms with Crippen LogP contribution < -0.4 is 9.47 Å². The topological polar surface area (TPSA) is 35.5 Å². The second-order valence-electron chi connectivity index (χ2n) is 6.51. The van der Waals surface area contributed by atoms with Gasteiger partial charge in [0.1, 0.15) is 11.5 Å². The SMILES string of the molecule is C=CC(=O)Oc1c2c(c(OC)c3cc(C)ccc13)CCC(CC)C2. The molecule has 2 aromatic carbocycles. The van der Waals surface area contributed by atoms with Crippen LogP contribution in [-0.2, 0) is 17.6 Å². The Morgan fingerprint density at radius 1 is 1.29 bits per heavy atom. The van der Waals surface area contributed by atoms with Crippen LogP contribution in [0.4, 0.5) is 0 Å². The van der Waals surface area contributed by atoms with E-state index in [1.54, 1.807) is 7.11 Å². The fourth-order valence-electron chi connectivity index (χ4n) is 3.70. The largest absolute Gasteiger partial charge is 0.496 e. The Morgan fingerprint density at radius 2 is 2.08 bits per heavy atom. The first-order valence-corrected chi connectivity index (χ1v) is 8.55. The van der Waals surface area contributed by atoms with Crippen LogP contribution in [0.5, 0.6) is 11.5 Å². The van der Waals surface area contributed by atoms with Crippen LogP contribution in [0.25, 0.3) is 10.8 Å². The van der Waals surface area contributed by atoms with Gasteiger partial charge in [-0.1, -0.05) is 37.6 Å². The molecule has 0 fully saturated rings. The number of methoxy groups -OCH3 is 1. The predicted octanol–water partition coefficient (Wildman–Crippen LogP) is 4.76. The number of benzene rings is 2. The van der Waals surface area contributed by atoms with E-state index in [0.29, 0.717) is 11.7 Å². The molecule has 0 saturated heterocycles. The monoisotopic (exact) mass is 324 g/mol. The first-order valence-electron chi connectivity index (χ1n) is 8.55. The molecular weight excluding hydrogens is 300 g/mol. The summed E-state index contributed by atoms with van der Waals surface area (Å²) in [5.74, 6) is 1.81. The molecule has 1 unspecified atom stereocenters. The summed E-state index contributed by atoms with van der Waals surface area (Å²) in [6.45, 7) is 7.80. The smallest absolute Gasteiger partial charge is 0.335 e. The van der Waals surface area contributed by atoms with E-state index >= 15 is 0 Å². The molecule has 3 heteroatoms.